The first-order valence-electron chi connectivity index (χ1n) is 22.2. The first-order valence-corrected chi connectivity index (χ1v) is 22.2. The molecule has 0 aliphatic heterocycles. The highest BCUT2D eigenvalue weighted by Crippen LogP contribution is 2.22. The normalized spacial score (nSPS) is 6.89. The summed E-state index contributed by atoms with van der Waals surface area (Å²) in [6.45, 7) is 48.0. The quantitative estimate of drug-likeness (QED) is 0.136. The van der Waals surface area contributed by atoms with E-state index in [1.54, 1.807) is 0 Å². The molecule has 0 atom stereocenters. The molecule has 312 valence electrons. The van der Waals surface area contributed by atoms with Crippen molar-refractivity contribution in [2.75, 3.05) is 0 Å². The molecular weight excluding hydrogens is 649 g/mol. The topological polar surface area (TPSA) is 0 Å². The first kappa shape index (κ1) is 71.5. The van der Waals surface area contributed by atoms with E-state index >= 15 is 0 Å². The molecule has 0 amide bonds. The molecule has 0 bridgehead atoms. The highest BCUT2D eigenvalue weighted by molar-refractivity contribution is 5.98. The monoisotopic (exact) mass is 745 g/mol. The van der Waals surface area contributed by atoms with Gasteiger partial charge in [-0.15, -0.1) is 0 Å². The Morgan fingerprint density at radius 3 is 0.389 bits per heavy atom. The van der Waals surface area contributed by atoms with Crippen molar-refractivity contribution < 1.29 is 0 Å². The minimum atomic E-state index is 1.31. The summed E-state index contributed by atoms with van der Waals surface area (Å²) < 4.78 is 0. The number of hydrogen-bond acceptors (Lipinski definition) is 0. The van der Waals surface area contributed by atoms with Gasteiger partial charge in [0.2, 0.25) is 0 Å². The van der Waals surface area contributed by atoms with Crippen molar-refractivity contribution in [3.8, 4) is 0 Å². The maximum absolute atomic E-state index is 2.24. The van der Waals surface area contributed by atoms with Gasteiger partial charge < -0.3 is 0 Å². The van der Waals surface area contributed by atoms with Gasteiger partial charge in [-0.05, 0) is 44.5 Å². The lowest BCUT2D eigenvalue weighted by Gasteiger charge is -2.00. The van der Waals surface area contributed by atoms with Crippen molar-refractivity contribution in [1.29, 1.82) is 0 Å². The Morgan fingerprint density at radius 2 is 0.259 bits per heavy atom. The van der Waals surface area contributed by atoms with Gasteiger partial charge >= 0.3 is 0 Å². The predicted molar refractivity (Wildman–Crippen MR) is 268 cm³/mol. The highest BCUT2D eigenvalue weighted by Gasteiger charge is 1.95. The van der Waals surface area contributed by atoms with E-state index in [2.05, 4.69) is 109 Å². The molecule has 0 saturated carbocycles. The molecule has 54 heavy (non-hydrogen) atoms. The van der Waals surface area contributed by atoms with Crippen molar-refractivity contribution in [3.05, 3.63) is 146 Å². The van der Waals surface area contributed by atoms with Crippen LogP contribution in [0, 0.1) is 0 Å². The van der Waals surface area contributed by atoms with Gasteiger partial charge in [0.25, 0.3) is 0 Å². The number of fused-ring (bicyclic) bond motifs is 3. The second-order valence-electron chi connectivity index (χ2n) is 7.05. The fourth-order valence-electron chi connectivity index (χ4n) is 3.40. The molecule has 6 aromatic carbocycles. The molecule has 0 spiro atoms. The van der Waals surface area contributed by atoms with Crippen LogP contribution in [0.25, 0.3) is 32.3 Å². The van der Waals surface area contributed by atoms with Crippen LogP contribution in [0.5, 0.6) is 0 Å². The van der Waals surface area contributed by atoms with E-state index in [0.29, 0.717) is 0 Å². The van der Waals surface area contributed by atoms with E-state index in [0.717, 1.165) is 0 Å². The Balaban J connectivity index is -0.0000000647. The Morgan fingerprint density at radius 1 is 0.148 bits per heavy atom. The standard InChI is InChI=1S/C14H10.C10H8.C6H6.12C2H6/c1-2-6-12-10-14-8-4-3-7-13(14)9-11(12)5-1;1-2-6-10-8-4-3-7-9(10)5-1;1-2-4-6-5-3-1;12*1-2/h1-10H;1-8H;1-6H;12*1-2H3. The van der Waals surface area contributed by atoms with E-state index in [9.17, 15) is 0 Å². The summed E-state index contributed by atoms with van der Waals surface area (Å²) in [7, 11) is 0. The zero-order valence-electron chi connectivity index (χ0n) is 40.9. The molecule has 0 unspecified atom stereocenters. The molecule has 0 radical (unpaired) electrons. The summed E-state index contributed by atoms with van der Waals surface area (Å²) in [5, 5.41) is 7.87. The summed E-state index contributed by atoms with van der Waals surface area (Å²) in [6.07, 6.45) is 0. The van der Waals surface area contributed by atoms with Crippen LogP contribution in [0.4, 0.5) is 0 Å². The lowest BCUT2D eigenvalue weighted by molar-refractivity contribution is 1.50. The molecule has 6 rings (SSSR count). The molecule has 0 aliphatic rings. The second kappa shape index (κ2) is 78.3. The van der Waals surface area contributed by atoms with Crippen LogP contribution in [0.1, 0.15) is 166 Å². The SMILES string of the molecule is CC.CC.CC.CC.CC.CC.CC.CC.CC.CC.CC.CC.c1ccc2cc3ccccc3cc2c1.c1ccc2ccccc2c1.c1ccccc1. The zero-order chi connectivity index (χ0) is 44.4. The fraction of sp³-hybridized carbons (Fsp3) is 0.444. The first-order chi connectivity index (χ1) is 26.9. The molecular formula is C54H96. The van der Waals surface area contributed by atoms with E-state index in [1.165, 1.54) is 32.3 Å². The maximum atomic E-state index is 2.24. The summed E-state index contributed by atoms with van der Waals surface area (Å²) >= 11 is 0. The summed E-state index contributed by atoms with van der Waals surface area (Å²) in [4.78, 5) is 0. The van der Waals surface area contributed by atoms with Crippen molar-refractivity contribution in [2.45, 2.75) is 166 Å². The summed E-state index contributed by atoms with van der Waals surface area (Å²) in [6, 6.07) is 50.1. The molecule has 0 nitrogen and oxygen atoms in total. The van der Waals surface area contributed by atoms with E-state index in [-0.39, 0.29) is 0 Å². The number of benzene rings is 6. The van der Waals surface area contributed by atoms with Crippen molar-refractivity contribution in [1.82, 2.24) is 0 Å². The van der Waals surface area contributed by atoms with Gasteiger partial charge in [0, 0.05) is 0 Å². The molecule has 0 heteroatoms. The van der Waals surface area contributed by atoms with Gasteiger partial charge in [0.15, 0.2) is 0 Å². The summed E-state index contributed by atoms with van der Waals surface area (Å²) in [5.74, 6) is 0. The number of rotatable bonds is 0. The lowest BCUT2D eigenvalue weighted by atomic mass is 10.0. The molecule has 0 fully saturated rings. The van der Waals surface area contributed by atoms with Crippen LogP contribution < -0.4 is 0 Å². The van der Waals surface area contributed by atoms with Crippen molar-refractivity contribution in [3.63, 3.8) is 0 Å². The van der Waals surface area contributed by atoms with Crippen molar-refractivity contribution >= 4 is 32.3 Å². The Labute approximate surface area is 342 Å². The van der Waals surface area contributed by atoms with Crippen LogP contribution >= 0.6 is 0 Å². The Hall–Kier alpha value is -3.90. The maximum Gasteiger partial charge on any atom is -0.0178 e. The highest BCUT2D eigenvalue weighted by atomic mass is 14.0. The fourth-order valence-corrected chi connectivity index (χ4v) is 3.40. The van der Waals surface area contributed by atoms with Crippen LogP contribution in [0.15, 0.2) is 146 Å². The molecule has 0 N–H and O–H groups in total. The lowest BCUT2D eigenvalue weighted by Crippen LogP contribution is -1.74. The zero-order valence-corrected chi connectivity index (χ0v) is 40.9. The third kappa shape index (κ3) is 42.5. The van der Waals surface area contributed by atoms with Gasteiger partial charge in [-0.25, -0.2) is 0 Å². The minimum absolute atomic E-state index is 1.31. The second-order valence-corrected chi connectivity index (χ2v) is 7.05. The van der Waals surface area contributed by atoms with Gasteiger partial charge in [0.1, 0.15) is 0 Å². The van der Waals surface area contributed by atoms with Crippen LogP contribution in [0.3, 0.4) is 0 Å². The van der Waals surface area contributed by atoms with Gasteiger partial charge in [-0.3, -0.25) is 0 Å². The average Bonchev–Trinajstić information content (AvgIpc) is 3.34. The van der Waals surface area contributed by atoms with Gasteiger partial charge in [-0.2, -0.15) is 0 Å². The van der Waals surface area contributed by atoms with Crippen LogP contribution in [-0.2, 0) is 0 Å². The van der Waals surface area contributed by atoms with Crippen molar-refractivity contribution in [2.24, 2.45) is 0 Å². The van der Waals surface area contributed by atoms with Crippen LogP contribution in [0.2, 0.25) is 0 Å². The van der Waals surface area contributed by atoms with E-state index in [4.69, 9.17) is 0 Å². The molecule has 0 aromatic heterocycles. The summed E-state index contributed by atoms with van der Waals surface area (Å²) in [5.41, 5.74) is 0. The smallest absolute Gasteiger partial charge is 0.0178 e. The van der Waals surface area contributed by atoms with Crippen LogP contribution in [-0.4, -0.2) is 0 Å². The molecule has 0 aliphatic carbocycles. The van der Waals surface area contributed by atoms with Gasteiger partial charge in [0.05, 0.1) is 0 Å². The third-order valence-electron chi connectivity index (χ3n) is 4.94. The minimum Gasteiger partial charge on any atom is -0.0683 e. The largest absolute Gasteiger partial charge is 0.0683 e. The molecule has 6 aromatic rings. The van der Waals surface area contributed by atoms with Gasteiger partial charge in [-0.1, -0.05) is 300 Å². The third-order valence-corrected chi connectivity index (χ3v) is 4.94. The predicted octanol–water partition coefficient (Wildman–Crippen LogP) is 20.8. The van der Waals surface area contributed by atoms with E-state index in [1.807, 2.05) is 203 Å². The van der Waals surface area contributed by atoms with E-state index < -0.39 is 0 Å². The number of hydrogen-bond donors (Lipinski definition) is 0. The molecule has 0 saturated heterocycles. The Bertz CT molecular complexity index is 1140. The average molecular weight is 745 g/mol. The molecule has 0 heterocycles. The Kier molecular flexibility index (Phi) is 104.